The van der Waals surface area contributed by atoms with Crippen LogP contribution in [0.4, 0.5) is 0 Å². The van der Waals surface area contributed by atoms with Gasteiger partial charge in [0.25, 0.3) is 0 Å². The number of likely N-dealkylation sites (N-methyl/N-ethyl adjacent to an activating group) is 1. The second kappa shape index (κ2) is 4.57. The second-order valence-electron chi connectivity index (χ2n) is 2.08. The summed E-state index contributed by atoms with van der Waals surface area (Å²) in [5, 5.41) is 2.68. The maximum absolute atomic E-state index is 10.9. The van der Waals surface area contributed by atoms with Crippen LogP contribution in [0.3, 0.4) is 0 Å². The molecule has 0 saturated carbocycles. The molecule has 10 heavy (non-hydrogen) atoms. The number of hydrogen-bond acceptors (Lipinski definition) is 3. The highest BCUT2D eigenvalue weighted by Crippen LogP contribution is 2.07. The molecule has 0 aliphatic carbocycles. The Morgan fingerprint density at radius 3 is 2.50 bits per heavy atom. The molecule has 0 spiro atoms. The van der Waals surface area contributed by atoms with Crippen LogP contribution in [0.2, 0.25) is 0 Å². The molecule has 0 rings (SSSR count). The molecular weight excluding hydrogens is 148 g/mol. The average molecular weight is 162 g/mol. The summed E-state index contributed by atoms with van der Waals surface area (Å²) in [6.45, 7) is 1.94. The Kier molecular flexibility index (Phi) is 4.47. The molecule has 1 amide bonds. The Morgan fingerprint density at radius 1 is 1.70 bits per heavy atom. The van der Waals surface area contributed by atoms with Crippen molar-refractivity contribution in [1.29, 1.82) is 0 Å². The van der Waals surface area contributed by atoms with Gasteiger partial charge in [0, 0.05) is 12.3 Å². The molecule has 0 heterocycles. The quantitative estimate of drug-likeness (QED) is 0.605. The summed E-state index contributed by atoms with van der Waals surface area (Å²) in [7, 11) is 1.59. The number of nitrogens with one attached hydrogen (secondary N) is 1. The maximum atomic E-state index is 10.9. The van der Waals surface area contributed by atoms with Crippen LogP contribution in [0.5, 0.6) is 0 Å². The number of amides is 1. The van der Waals surface area contributed by atoms with Gasteiger partial charge in [-0.25, -0.2) is 0 Å². The Labute approximate surface area is 65.7 Å². The number of carbonyl (C=O) groups excluding carboxylic acids is 1. The van der Waals surface area contributed by atoms with E-state index < -0.39 is 0 Å². The fourth-order valence-corrected chi connectivity index (χ4v) is 0.943. The summed E-state index contributed by atoms with van der Waals surface area (Å²) < 4.78 is 0. The zero-order valence-corrected chi connectivity index (χ0v) is 7.37. The minimum absolute atomic E-state index is 0.0955. The summed E-state index contributed by atoms with van der Waals surface area (Å²) in [4.78, 5) is 10.9. The van der Waals surface area contributed by atoms with Crippen LogP contribution >= 0.6 is 11.8 Å². The van der Waals surface area contributed by atoms with E-state index in [-0.39, 0.29) is 17.2 Å². The summed E-state index contributed by atoms with van der Waals surface area (Å²) in [5.74, 6) is -0.0955. The zero-order chi connectivity index (χ0) is 8.15. The van der Waals surface area contributed by atoms with Crippen molar-refractivity contribution in [2.45, 2.75) is 18.2 Å². The largest absolute Gasteiger partial charge is 0.358 e. The van der Waals surface area contributed by atoms with Crippen molar-refractivity contribution < 1.29 is 4.79 Å². The van der Waals surface area contributed by atoms with Gasteiger partial charge in [0.15, 0.2) is 0 Å². The highest BCUT2D eigenvalue weighted by Gasteiger charge is 2.17. The van der Waals surface area contributed by atoms with E-state index in [2.05, 4.69) is 5.32 Å². The molecule has 3 N–H and O–H groups in total. The Balaban J connectivity index is 3.81. The van der Waals surface area contributed by atoms with Gasteiger partial charge in [-0.15, -0.1) is 0 Å². The normalized spacial score (nSPS) is 16.0. The smallest absolute Gasteiger partial charge is 0.237 e. The van der Waals surface area contributed by atoms with Gasteiger partial charge in [-0.3, -0.25) is 4.79 Å². The molecule has 0 aromatic carbocycles. The van der Waals surface area contributed by atoms with Gasteiger partial charge in [-0.05, 0) is 6.26 Å². The summed E-state index contributed by atoms with van der Waals surface area (Å²) in [6, 6.07) is -0.389. The van der Waals surface area contributed by atoms with Gasteiger partial charge < -0.3 is 11.1 Å². The van der Waals surface area contributed by atoms with E-state index in [9.17, 15) is 4.79 Å². The predicted molar refractivity (Wildman–Crippen MR) is 45.0 cm³/mol. The lowest BCUT2D eigenvalue weighted by atomic mass is 10.2. The molecule has 2 atom stereocenters. The summed E-state index contributed by atoms with van der Waals surface area (Å²) >= 11 is 1.59. The molecule has 0 unspecified atom stereocenters. The van der Waals surface area contributed by atoms with Crippen molar-refractivity contribution in [3.8, 4) is 0 Å². The Hall–Kier alpha value is -0.220. The number of nitrogens with two attached hydrogens (primary N) is 1. The molecule has 3 nitrogen and oxygen atoms in total. The van der Waals surface area contributed by atoms with Gasteiger partial charge in [-0.2, -0.15) is 11.8 Å². The SMILES string of the molecule is CNC(=O)[C@H](N)[C@H](C)SC. The fourth-order valence-electron chi connectivity index (χ4n) is 0.526. The monoisotopic (exact) mass is 162 g/mol. The van der Waals surface area contributed by atoms with Crippen LogP contribution in [0.1, 0.15) is 6.92 Å². The third-order valence-electron chi connectivity index (χ3n) is 1.43. The molecule has 0 aliphatic heterocycles. The van der Waals surface area contributed by atoms with E-state index in [1.165, 1.54) is 0 Å². The molecule has 0 fully saturated rings. The number of carbonyl (C=O) groups is 1. The van der Waals surface area contributed by atoms with E-state index >= 15 is 0 Å². The van der Waals surface area contributed by atoms with Crippen LogP contribution < -0.4 is 11.1 Å². The molecule has 0 aliphatic rings. The van der Waals surface area contributed by atoms with E-state index in [0.717, 1.165) is 0 Å². The minimum atomic E-state index is -0.389. The minimum Gasteiger partial charge on any atom is -0.358 e. The molecule has 0 radical (unpaired) electrons. The Bertz CT molecular complexity index is 118. The van der Waals surface area contributed by atoms with Crippen molar-refractivity contribution in [3.63, 3.8) is 0 Å². The van der Waals surface area contributed by atoms with Gasteiger partial charge in [0.05, 0.1) is 6.04 Å². The van der Waals surface area contributed by atoms with Crippen molar-refractivity contribution in [2.24, 2.45) is 5.73 Å². The van der Waals surface area contributed by atoms with Crippen LogP contribution in [0.15, 0.2) is 0 Å². The number of thioether (sulfide) groups is 1. The fraction of sp³-hybridized carbons (Fsp3) is 0.833. The predicted octanol–water partition coefficient (Wildman–Crippen LogP) is -0.189. The number of hydrogen-bond donors (Lipinski definition) is 2. The standard InChI is InChI=1S/C6H14N2OS/c1-4(10-3)5(7)6(9)8-2/h4-5H,7H2,1-3H3,(H,8,9)/t4-,5+/m0/s1. The van der Waals surface area contributed by atoms with Crippen molar-refractivity contribution in [1.82, 2.24) is 5.32 Å². The first-order chi connectivity index (χ1) is 4.63. The van der Waals surface area contributed by atoms with Gasteiger partial charge in [0.1, 0.15) is 0 Å². The topological polar surface area (TPSA) is 55.1 Å². The first kappa shape index (κ1) is 9.78. The highest BCUT2D eigenvalue weighted by molar-refractivity contribution is 7.99. The molecule has 60 valence electrons. The van der Waals surface area contributed by atoms with Crippen LogP contribution in [0.25, 0.3) is 0 Å². The molecule has 4 heteroatoms. The van der Waals surface area contributed by atoms with Gasteiger partial charge in [-0.1, -0.05) is 6.92 Å². The molecular formula is C6H14N2OS. The molecule has 0 bridgehead atoms. The zero-order valence-electron chi connectivity index (χ0n) is 6.55. The summed E-state index contributed by atoms with van der Waals surface area (Å²) in [5.41, 5.74) is 5.55. The highest BCUT2D eigenvalue weighted by atomic mass is 32.2. The molecule has 0 saturated heterocycles. The van der Waals surface area contributed by atoms with Crippen molar-refractivity contribution >= 4 is 17.7 Å². The third kappa shape index (κ3) is 2.58. The van der Waals surface area contributed by atoms with Crippen LogP contribution in [0, 0.1) is 0 Å². The van der Waals surface area contributed by atoms with E-state index in [1.54, 1.807) is 18.8 Å². The molecule has 0 aromatic heterocycles. The van der Waals surface area contributed by atoms with Crippen LogP contribution in [-0.2, 0) is 4.79 Å². The lowest BCUT2D eigenvalue weighted by molar-refractivity contribution is -0.121. The van der Waals surface area contributed by atoms with E-state index in [0.29, 0.717) is 0 Å². The van der Waals surface area contributed by atoms with Gasteiger partial charge in [0.2, 0.25) is 5.91 Å². The lowest BCUT2D eigenvalue weighted by Crippen LogP contribution is -2.44. The third-order valence-corrected chi connectivity index (χ3v) is 2.46. The Morgan fingerprint density at radius 2 is 2.20 bits per heavy atom. The molecule has 0 aromatic rings. The van der Waals surface area contributed by atoms with Gasteiger partial charge >= 0.3 is 0 Å². The summed E-state index contributed by atoms with van der Waals surface area (Å²) in [6.07, 6.45) is 1.94. The average Bonchev–Trinajstić information content (AvgIpc) is 2.00. The first-order valence-corrected chi connectivity index (χ1v) is 4.42. The van der Waals surface area contributed by atoms with E-state index in [1.807, 2.05) is 13.2 Å². The van der Waals surface area contributed by atoms with E-state index in [4.69, 9.17) is 5.73 Å². The lowest BCUT2D eigenvalue weighted by Gasteiger charge is -2.15. The second-order valence-corrected chi connectivity index (χ2v) is 3.30. The van der Waals surface area contributed by atoms with Crippen molar-refractivity contribution in [2.75, 3.05) is 13.3 Å². The maximum Gasteiger partial charge on any atom is 0.237 e. The number of rotatable bonds is 3. The van der Waals surface area contributed by atoms with Crippen molar-refractivity contribution in [3.05, 3.63) is 0 Å². The van der Waals surface area contributed by atoms with Crippen LogP contribution in [-0.4, -0.2) is 30.5 Å². The first-order valence-electron chi connectivity index (χ1n) is 3.13.